The van der Waals surface area contributed by atoms with Crippen LogP contribution in [-0.4, -0.2) is 31.3 Å². The summed E-state index contributed by atoms with van der Waals surface area (Å²) in [6.07, 6.45) is -4.28. The summed E-state index contributed by atoms with van der Waals surface area (Å²) in [5, 5.41) is 9.34. The van der Waals surface area contributed by atoms with Crippen LogP contribution in [0.5, 0.6) is 5.75 Å². The second-order valence-electron chi connectivity index (χ2n) is 6.12. The highest BCUT2D eigenvalue weighted by Crippen LogP contribution is 2.29. The second kappa shape index (κ2) is 6.73. The lowest BCUT2D eigenvalue weighted by Crippen LogP contribution is -3.13. The number of hydrogen-bond acceptors (Lipinski definition) is 2. The highest BCUT2D eigenvalue weighted by atomic mass is 19.4. The molecule has 0 atom stereocenters. The van der Waals surface area contributed by atoms with E-state index in [0.717, 1.165) is 56.1 Å². The van der Waals surface area contributed by atoms with Crippen LogP contribution in [0.25, 0.3) is 0 Å². The molecule has 2 aromatic rings. The molecule has 0 aromatic heterocycles. The first-order valence-corrected chi connectivity index (χ1v) is 7.95. The predicted molar refractivity (Wildman–Crippen MR) is 86.2 cm³/mol. The van der Waals surface area contributed by atoms with E-state index in [9.17, 15) is 18.3 Å². The number of phenols is 1. The van der Waals surface area contributed by atoms with Gasteiger partial charge in [0.1, 0.15) is 12.3 Å². The second-order valence-corrected chi connectivity index (χ2v) is 6.12. The molecular formula is C18H20F3N2O+. The van der Waals surface area contributed by atoms with Crippen molar-refractivity contribution in [3.05, 3.63) is 59.7 Å². The molecule has 1 saturated heterocycles. The first kappa shape index (κ1) is 16.6. The normalized spacial score (nSPS) is 16.4. The fraction of sp³-hybridized carbons (Fsp3) is 0.333. The molecule has 1 aliphatic rings. The minimum absolute atomic E-state index is 0.255. The summed E-state index contributed by atoms with van der Waals surface area (Å²) in [5.41, 5.74) is 1.41. The number of aromatic hydroxyl groups is 1. The van der Waals surface area contributed by atoms with Crippen LogP contribution in [0, 0.1) is 0 Å². The quantitative estimate of drug-likeness (QED) is 0.900. The molecule has 6 heteroatoms. The van der Waals surface area contributed by atoms with Gasteiger partial charge in [-0.1, -0.05) is 12.1 Å². The summed E-state index contributed by atoms with van der Waals surface area (Å²) in [6, 6.07) is 12.6. The third-order valence-corrected chi connectivity index (χ3v) is 4.42. The molecule has 0 radical (unpaired) electrons. The van der Waals surface area contributed by atoms with Crippen molar-refractivity contribution < 1.29 is 23.2 Å². The molecule has 0 bridgehead atoms. The van der Waals surface area contributed by atoms with Gasteiger partial charge in [-0.2, -0.15) is 13.2 Å². The molecule has 2 aromatic carbocycles. The zero-order valence-electron chi connectivity index (χ0n) is 13.2. The van der Waals surface area contributed by atoms with Gasteiger partial charge in [0.2, 0.25) is 0 Å². The van der Waals surface area contributed by atoms with Crippen molar-refractivity contribution in [2.24, 2.45) is 0 Å². The lowest BCUT2D eigenvalue weighted by Gasteiger charge is -2.33. The number of anilines is 1. The fourth-order valence-electron chi connectivity index (χ4n) is 3.02. The first-order valence-electron chi connectivity index (χ1n) is 7.95. The highest BCUT2D eigenvalue weighted by molar-refractivity contribution is 5.48. The molecule has 3 nitrogen and oxygen atoms in total. The third kappa shape index (κ3) is 4.00. The Morgan fingerprint density at radius 2 is 1.50 bits per heavy atom. The van der Waals surface area contributed by atoms with Crippen molar-refractivity contribution in [3.63, 3.8) is 0 Å². The number of hydrogen-bond donors (Lipinski definition) is 2. The Bertz CT molecular complexity index is 660. The molecule has 1 fully saturated rings. The number of nitrogens with zero attached hydrogens (tertiary/aromatic N) is 1. The van der Waals surface area contributed by atoms with Gasteiger partial charge in [0.15, 0.2) is 0 Å². The lowest BCUT2D eigenvalue weighted by atomic mass is 10.1. The van der Waals surface area contributed by atoms with Crippen molar-refractivity contribution in [1.82, 2.24) is 0 Å². The minimum atomic E-state index is -4.28. The average Bonchev–Trinajstić information content (AvgIpc) is 2.56. The highest BCUT2D eigenvalue weighted by Gasteiger charge is 2.30. The number of phenolic OH excluding ortho intramolecular Hbond substituents is 1. The fourth-order valence-corrected chi connectivity index (χ4v) is 3.02. The van der Waals surface area contributed by atoms with Gasteiger partial charge in [-0.25, -0.2) is 0 Å². The van der Waals surface area contributed by atoms with E-state index in [1.165, 1.54) is 4.90 Å². The van der Waals surface area contributed by atoms with E-state index in [0.29, 0.717) is 0 Å². The summed E-state index contributed by atoms with van der Waals surface area (Å²) < 4.78 is 37.7. The standard InChI is InChI=1S/C18H19F3N2O/c19-18(20,21)15-3-1-14(2-4-15)13-22-9-11-23(12-10-22)16-5-7-17(24)8-6-16/h1-8,24H,9-13H2/p+1. The molecule has 0 aliphatic carbocycles. The molecular weight excluding hydrogens is 317 g/mol. The maximum absolute atomic E-state index is 12.6. The Morgan fingerprint density at radius 3 is 2.04 bits per heavy atom. The number of rotatable bonds is 3. The molecule has 128 valence electrons. The number of piperazine rings is 1. The Hall–Kier alpha value is -2.21. The van der Waals surface area contributed by atoms with Crippen molar-refractivity contribution in [1.29, 1.82) is 0 Å². The van der Waals surface area contributed by atoms with Gasteiger partial charge in [-0.15, -0.1) is 0 Å². The van der Waals surface area contributed by atoms with E-state index < -0.39 is 11.7 Å². The largest absolute Gasteiger partial charge is 0.508 e. The van der Waals surface area contributed by atoms with Crippen LogP contribution in [-0.2, 0) is 12.7 Å². The molecule has 0 saturated carbocycles. The lowest BCUT2D eigenvalue weighted by molar-refractivity contribution is -0.914. The smallest absolute Gasteiger partial charge is 0.416 e. The monoisotopic (exact) mass is 337 g/mol. The average molecular weight is 337 g/mol. The summed E-state index contributed by atoms with van der Waals surface area (Å²) in [5.74, 6) is 0.255. The van der Waals surface area contributed by atoms with Crippen molar-refractivity contribution in [2.45, 2.75) is 12.7 Å². The van der Waals surface area contributed by atoms with Gasteiger partial charge in [-0.3, -0.25) is 0 Å². The molecule has 0 amide bonds. The van der Waals surface area contributed by atoms with E-state index >= 15 is 0 Å². The zero-order valence-corrected chi connectivity index (χ0v) is 13.2. The Kier molecular flexibility index (Phi) is 4.66. The maximum Gasteiger partial charge on any atom is 0.416 e. The van der Waals surface area contributed by atoms with E-state index in [2.05, 4.69) is 4.90 Å². The van der Waals surface area contributed by atoms with Crippen LogP contribution < -0.4 is 9.80 Å². The Labute approximate surface area is 138 Å². The van der Waals surface area contributed by atoms with Gasteiger partial charge >= 0.3 is 6.18 Å². The number of alkyl halides is 3. The van der Waals surface area contributed by atoms with E-state index in [1.807, 2.05) is 12.1 Å². The van der Waals surface area contributed by atoms with E-state index in [1.54, 1.807) is 24.3 Å². The van der Waals surface area contributed by atoms with Gasteiger partial charge in [0.05, 0.1) is 31.7 Å². The minimum Gasteiger partial charge on any atom is -0.508 e. The van der Waals surface area contributed by atoms with E-state index in [-0.39, 0.29) is 5.75 Å². The molecule has 1 aliphatic heterocycles. The zero-order chi connectivity index (χ0) is 17.2. The predicted octanol–water partition coefficient (Wildman–Crippen LogP) is 2.32. The topological polar surface area (TPSA) is 27.9 Å². The van der Waals surface area contributed by atoms with Gasteiger partial charge < -0.3 is 14.9 Å². The van der Waals surface area contributed by atoms with Crippen LogP contribution >= 0.6 is 0 Å². The number of quaternary nitrogens is 1. The SMILES string of the molecule is Oc1ccc(N2CC[NH+](Cc3ccc(C(F)(F)F)cc3)CC2)cc1. The molecule has 0 spiro atoms. The summed E-state index contributed by atoms with van der Waals surface area (Å²) in [4.78, 5) is 3.63. The van der Waals surface area contributed by atoms with Crippen molar-refractivity contribution in [2.75, 3.05) is 31.1 Å². The maximum atomic E-state index is 12.6. The third-order valence-electron chi connectivity index (χ3n) is 4.42. The number of benzene rings is 2. The molecule has 0 unspecified atom stereocenters. The van der Waals surface area contributed by atoms with E-state index in [4.69, 9.17) is 0 Å². The summed E-state index contributed by atoms with van der Waals surface area (Å²) in [6.45, 7) is 4.38. The Morgan fingerprint density at radius 1 is 0.917 bits per heavy atom. The van der Waals surface area contributed by atoms with Crippen LogP contribution in [0.3, 0.4) is 0 Å². The van der Waals surface area contributed by atoms with Crippen molar-refractivity contribution >= 4 is 5.69 Å². The summed E-state index contributed by atoms with van der Waals surface area (Å²) in [7, 11) is 0. The number of halogens is 3. The van der Waals surface area contributed by atoms with Gasteiger partial charge in [0, 0.05) is 11.3 Å². The number of nitrogens with one attached hydrogen (secondary N) is 1. The summed E-state index contributed by atoms with van der Waals surface area (Å²) >= 11 is 0. The molecule has 2 N–H and O–H groups in total. The molecule has 24 heavy (non-hydrogen) atoms. The van der Waals surface area contributed by atoms with Gasteiger partial charge in [-0.05, 0) is 36.4 Å². The van der Waals surface area contributed by atoms with Crippen LogP contribution in [0.1, 0.15) is 11.1 Å². The van der Waals surface area contributed by atoms with Crippen LogP contribution in [0.2, 0.25) is 0 Å². The Balaban J connectivity index is 1.54. The first-order chi connectivity index (χ1) is 11.4. The van der Waals surface area contributed by atoms with Crippen molar-refractivity contribution in [3.8, 4) is 5.75 Å². The molecule has 3 rings (SSSR count). The van der Waals surface area contributed by atoms with Crippen LogP contribution in [0.4, 0.5) is 18.9 Å². The van der Waals surface area contributed by atoms with Crippen LogP contribution in [0.15, 0.2) is 48.5 Å². The van der Waals surface area contributed by atoms with Gasteiger partial charge in [0.25, 0.3) is 0 Å². The molecule has 1 heterocycles.